The van der Waals surface area contributed by atoms with Gasteiger partial charge in [-0.05, 0) is 17.5 Å². The maximum atomic E-state index is 12.1. The molecular weight excluding hydrogens is 402 g/mol. The summed E-state index contributed by atoms with van der Waals surface area (Å²) in [6, 6.07) is 18.4. The van der Waals surface area contributed by atoms with Gasteiger partial charge in [-0.15, -0.1) is 0 Å². The molecule has 0 saturated heterocycles. The van der Waals surface area contributed by atoms with E-state index in [-0.39, 0.29) is 43.0 Å². The topological polar surface area (TPSA) is 95.6 Å². The predicted octanol–water partition coefficient (Wildman–Crippen LogP) is 2.34. The highest BCUT2D eigenvalue weighted by atomic mass is 32.2. The highest BCUT2D eigenvalue weighted by molar-refractivity contribution is 7.90. The number of carbonyl (C=O) groups excluding carboxylic acids is 2. The van der Waals surface area contributed by atoms with E-state index in [1.165, 1.54) is 0 Å². The average molecular weight is 432 g/mol. The Balaban J connectivity index is 1.58. The van der Waals surface area contributed by atoms with Crippen molar-refractivity contribution in [1.82, 2.24) is 15.5 Å². The second-order valence-electron chi connectivity index (χ2n) is 7.10. The molecule has 2 rings (SSSR count). The van der Waals surface area contributed by atoms with Crippen molar-refractivity contribution >= 4 is 21.8 Å². The number of rotatable bonds is 11. The van der Waals surface area contributed by atoms with E-state index in [0.29, 0.717) is 13.0 Å². The van der Waals surface area contributed by atoms with E-state index in [1.54, 1.807) is 24.1 Å². The minimum Gasteiger partial charge on any atom is -0.356 e. The van der Waals surface area contributed by atoms with Crippen LogP contribution in [0.1, 0.15) is 24.0 Å². The first-order valence-corrected chi connectivity index (χ1v) is 11.7. The predicted molar refractivity (Wildman–Crippen MR) is 117 cm³/mol. The van der Waals surface area contributed by atoms with Crippen molar-refractivity contribution in [3.63, 3.8) is 0 Å². The zero-order chi connectivity index (χ0) is 21.8. The molecule has 8 heteroatoms. The summed E-state index contributed by atoms with van der Waals surface area (Å²) < 4.78 is 24.2. The third-order valence-corrected chi connectivity index (χ3v) is 6.11. The molecule has 0 aliphatic carbocycles. The Kier molecular flexibility index (Phi) is 9.34. The van der Waals surface area contributed by atoms with Crippen molar-refractivity contribution in [2.75, 3.05) is 25.9 Å². The van der Waals surface area contributed by atoms with Crippen molar-refractivity contribution in [2.45, 2.75) is 25.1 Å². The summed E-state index contributed by atoms with van der Waals surface area (Å²) in [6.07, 6.45) is 0.495. The highest BCUT2D eigenvalue weighted by Gasteiger charge is 2.12. The number of nitrogens with one attached hydrogen (secondary N) is 2. The van der Waals surface area contributed by atoms with Crippen LogP contribution in [0.2, 0.25) is 0 Å². The maximum Gasteiger partial charge on any atom is 0.317 e. The van der Waals surface area contributed by atoms with Gasteiger partial charge in [0.1, 0.15) is 0 Å². The number of carbonyl (C=O) groups is 2. The van der Waals surface area contributed by atoms with Gasteiger partial charge in [-0.2, -0.15) is 0 Å². The van der Waals surface area contributed by atoms with E-state index in [2.05, 4.69) is 10.6 Å². The van der Waals surface area contributed by atoms with Gasteiger partial charge in [-0.3, -0.25) is 4.79 Å². The molecule has 162 valence electrons. The Hall–Kier alpha value is -2.87. The van der Waals surface area contributed by atoms with Crippen LogP contribution in [-0.4, -0.2) is 51.1 Å². The van der Waals surface area contributed by atoms with Gasteiger partial charge in [-0.1, -0.05) is 60.7 Å². The summed E-state index contributed by atoms with van der Waals surface area (Å²) >= 11 is 0. The largest absolute Gasteiger partial charge is 0.356 e. The lowest BCUT2D eigenvalue weighted by Crippen LogP contribution is -2.39. The van der Waals surface area contributed by atoms with Gasteiger partial charge in [-0.25, -0.2) is 13.2 Å². The smallest absolute Gasteiger partial charge is 0.317 e. The lowest BCUT2D eigenvalue weighted by Gasteiger charge is -2.18. The quantitative estimate of drug-likeness (QED) is 0.534. The molecule has 0 aromatic heterocycles. The van der Waals surface area contributed by atoms with Crippen molar-refractivity contribution in [3.8, 4) is 0 Å². The van der Waals surface area contributed by atoms with Gasteiger partial charge >= 0.3 is 6.03 Å². The average Bonchev–Trinajstić information content (AvgIpc) is 2.72. The van der Waals surface area contributed by atoms with Crippen LogP contribution >= 0.6 is 0 Å². The van der Waals surface area contributed by atoms with E-state index in [9.17, 15) is 18.0 Å². The Morgan fingerprint density at radius 1 is 0.867 bits per heavy atom. The van der Waals surface area contributed by atoms with Gasteiger partial charge in [0.2, 0.25) is 5.91 Å². The molecule has 0 saturated carbocycles. The minimum absolute atomic E-state index is 0.00428. The molecule has 2 N–H and O–H groups in total. The lowest BCUT2D eigenvalue weighted by molar-refractivity contribution is -0.120. The molecule has 7 nitrogen and oxygen atoms in total. The Morgan fingerprint density at radius 2 is 1.47 bits per heavy atom. The first-order chi connectivity index (χ1) is 14.4. The van der Waals surface area contributed by atoms with E-state index in [0.717, 1.165) is 11.1 Å². The zero-order valence-corrected chi connectivity index (χ0v) is 18.0. The first kappa shape index (κ1) is 23.4. The summed E-state index contributed by atoms with van der Waals surface area (Å²) in [6.45, 7) is 0.987. The molecule has 30 heavy (non-hydrogen) atoms. The molecule has 0 fully saturated rings. The van der Waals surface area contributed by atoms with Gasteiger partial charge in [0.05, 0.1) is 11.5 Å². The van der Waals surface area contributed by atoms with Crippen molar-refractivity contribution in [2.24, 2.45) is 0 Å². The summed E-state index contributed by atoms with van der Waals surface area (Å²) in [5.41, 5.74) is 1.78. The Bertz CT molecular complexity index is 902. The molecule has 0 aliphatic heterocycles. The first-order valence-electron chi connectivity index (χ1n) is 9.90. The monoisotopic (exact) mass is 431 g/mol. The summed E-state index contributed by atoms with van der Waals surface area (Å²) in [5.74, 6) is -0.200. The van der Waals surface area contributed by atoms with Crippen molar-refractivity contribution < 1.29 is 18.0 Å². The standard InChI is InChI=1S/C22H29N3O4S/c1-25(17-19-9-4-2-5-10-19)22(27)24-15-13-21(26)23-14-8-16-30(28,29)18-20-11-6-3-7-12-20/h2-7,9-12H,8,13-18H2,1H3,(H,23,26)(H,24,27). The summed E-state index contributed by atoms with van der Waals surface area (Å²) in [5, 5.41) is 5.40. The maximum absolute atomic E-state index is 12.1. The lowest BCUT2D eigenvalue weighted by atomic mass is 10.2. The normalized spacial score (nSPS) is 11.0. The SMILES string of the molecule is CN(Cc1ccccc1)C(=O)NCCC(=O)NCCCS(=O)(=O)Cc1ccccc1. The number of urea groups is 1. The molecule has 0 spiro atoms. The fraction of sp³-hybridized carbons (Fsp3) is 0.364. The molecular formula is C22H29N3O4S. The van der Waals surface area contributed by atoms with E-state index in [4.69, 9.17) is 0 Å². The number of benzene rings is 2. The van der Waals surface area contributed by atoms with Crippen molar-refractivity contribution in [1.29, 1.82) is 0 Å². The van der Waals surface area contributed by atoms with Crippen LogP contribution < -0.4 is 10.6 Å². The minimum atomic E-state index is -3.21. The van der Waals surface area contributed by atoms with Crippen LogP contribution in [0.4, 0.5) is 4.79 Å². The number of hydrogen-bond acceptors (Lipinski definition) is 4. The molecule has 0 aliphatic rings. The third kappa shape index (κ3) is 9.09. The molecule has 0 atom stereocenters. The van der Waals surface area contributed by atoms with Crippen LogP contribution in [0.5, 0.6) is 0 Å². The third-order valence-electron chi connectivity index (χ3n) is 4.42. The zero-order valence-electron chi connectivity index (χ0n) is 17.2. The number of sulfone groups is 1. The molecule has 2 aromatic carbocycles. The summed E-state index contributed by atoms with van der Waals surface area (Å²) in [7, 11) is -1.52. The van der Waals surface area contributed by atoms with Gasteiger partial charge < -0.3 is 15.5 Å². The van der Waals surface area contributed by atoms with Crippen LogP contribution in [0.25, 0.3) is 0 Å². The van der Waals surface area contributed by atoms with E-state index >= 15 is 0 Å². The Labute approximate surface area is 178 Å². The van der Waals surface area contributed by atoms with E-state index < -0.39 is 9.84 Å². The molecule has 0 unspecified atom stereocenters. The highest BCUT2D eigenvalue weighted by Crippen LogP contribution is 2.07. The molecule has 0 heterocycles. The number of hydrogen-bond donors (Lipinski definition) is 2. The molecule has 2 aromatic rings. The van der Waals surface area contributed by atoms with Gasteiger partial charge in [0, 0.05) is 33.1 Å². The fourth-order valence-electron chi connectivity index (χ4n) is 2.86. The van der Waals surface area contributed by atoms with E-state index in [1.807, 2.05) is 48.5 Å². The number of nitrogens with zero attached hydrogens (tertiary/aromatic N) is 1. The second kappa shape index (κ2) is 12.0. The summed E-state index contributed by atoms with van der Waals surface area (Å²) in [4.78, 5) is 25.5. The molecule has 3 amide bonds. The van der Waals surface area contributed by atoms with Crippen LogP contribution in [0.15, 0.2) is 60.7 Å². The van der Waals surface area contributed by atoms with Crippen molar-refractivity contribution in [3.05, 3.63) is 71.8 Å². The fourth-order valence-corrected chi connectivity index (χ4v) is 4.28. The van der Waals surface area contributed by atoms with Crippen LogP contribution in [-0.2, 0) is 26.9 Å². The van der Waals surface area contributed by atoms with Gasteiger partial charge in [0.15, 0.2) is 9.84 Å². The number of amides is 3. The van der Waals surface area contributed by atoms with Gasteiger partial charge in [0.25, 0.3) is 0 Å². The molecule has 0 radical (unpaired) electrons. The Morgan fingerprint density at radius 3 is 2.10 bits per heavy atom. The van der Waals surface area contributed by atoms with Crippen LogP contribution in [0, 0.1) is 0 Å². The van der Waals surface area contributed by atoms with Crippen LogP contribution in [0.3, 0.4) is 0 Å². The second-order valence-corrected chi connectivity index (χ2v) is 9.29. The molecule has 0 bridgehead atoms.